The van der Waals surface area contributed by atoms with Gasteiger partial charge in [0.15, 0.2) is 0 Å². The van der Waals surface area contributed by atoms with Gasteiger partial charge in [-0.05, 0) is 49.9 Å². The van der Waals surface area contributed by atoms with E-state index in [2.05, 4.69) is 22.0 Å². The highest BCUT2D eigenvalue weighted by atomic mass is 16.5. The number of nitrogens with zero attached hydrogens (tertiary/aromatic N) is 5. The lowest BCUT2D eigenvalue weighted by Crippen LogP contribution is -2.32. The summed E-state index contributed by atoms with van der Waals surface area (Å²) in [6.07, 6.45) is 7.86. The molecule has 2 aromatic heterocycles. The molecule has 29 heavy (non-hydrogen) atoms. The number of rotatable bonds is 8. The first kappa shape index (κ1) is 19.1. The van der Waals surface area contributed by atoms with E-state index in [1.54, 1.807) is 29.3 Å². The van der Waals surface area contributed by atoms with Gasteiger partial charge in [-0.15, -0.1) is 0 Å². The first-order chi connectivity index (χ1) is 14.1. The smallest absolute Gasteiger partial charge is 0.254 e. The van der Waals surface area contributed by atoms with Crippen LogP contribution in [0.4, 0.5) is 0 Å². The number of pyridine rings is 1. The molecule has 1 saturated carbocycles. The van der Waals surface area contributed by atoms with Gasteiger partial charge in [-0.2, -0.15) is 5.10 Å². The number of benzene rings is 1. The van der Waals surface area contributed by atoms with Crippen LogP contribution in [0.5, 0.6) is 5.88 Å². The molecule has 1 fully saturated rings. The third-order valence-electron chi connectivity index (χ3n) is 5.10. The monoisotopic (exact) mass is 391 g/mol. The average molecular weight is 391 g/mol. The van der Waals surface area contributed by atoms with E-state index in [9.17, 15) is 4.79 Å². The molecular weight excluding hydrogens is 366 g/mol. The minimum Gasteiger partial charge on any atom is -0.475 e. The molecule has 0 spiro atoms. The van der Waals surface area contributed by atoms with Gasteiger partial charge in [0.25, 0.3) is 5.91 Å². The summed E-state index contributed by atoms with van der Waals surface area (Å²) in [7, 11) is 0. The maximum Gasteiger partial charge on any atom is 0.254 e. The van der Waals surface area contributed by atoms with Crippen molar-refractivity contribution >= 4 is 5.91 Å². The number of carbonyl (C=O) groups is 1. The van der Waals surface area contributed by atoms with Crippen molar-refractivity contribution in [2.45, 2.75) is 51.8 Å². The second-order valence-electron chi connectivity index (χ2n) is 7.39. The zero-order valence-electron chi connectivity index (χ0n) is 16.7. The predicted octanol–water partition coefficient (Wildman–Crippen LogP) is 3.64. The second kappa shape index (κ2) is 8.43. The van der Waals surface area contributed by atoms with Crippen molar-refractivity contribution in [3.8, 4) is 11.6 Å². The van der Waals surface area contributed by atoms with Crippen LogP contribution in [0.1, 0.15) is 49.0 Å². The van der Waals surface area contributed by atoms with Crippen molar-refractivity contribution in [1.29, 1.82) is 0 Å². The summed E-state index contributed by atoms with van der Waals surface area (Å²) >= 11 is 0. The predicted molar refractivity (Wildman–Crippen MR) is 109 cm³/mol. The fourth-order valence-corrected chi connectivity index (χ4v) is 3.11. The normalized spacial score (nSPS) is 14.4. The molecule has 0 unspecified atom stereocenters. The Hall–Kier alpha value is -3.22. The van der Waals surface area contributed by atoms with E-state index in [0.717, 1.165) is 30.5 Å². The molecule has 0 aliphatic heterocycles. The maximum absolute atomic E-state index is 13.2. The number of carbonyl (C=O) groups excluding carboxylic acids is 1. The van der Waals surface area contributed by atoms with Crippen LogP contribution in [0.3, 0.4) is 0 Å². The van der Waals surface area contributed by atoms with E-state index in [1.165, 1.54) is 6.33 Å². The van der Waals surface area contributed by atoms with E-state index in [-0.39, 0.29) is 12.0 Å². The molecule has 4 rings (SSSR count). The largest absolute Gasteiger partial charge is 0.475 e. The molecule has 0 bridgehead atoms. The lowest BCUT2D eigenvalue weighted by molar-refractivity contribution is 0.0728. The summed E-state index contributed by atoms with van der Waals surface area (Å²) < 4.78 is 7.49. The summed E-state index contributed by atoms with van der Waals surface area (Å²) in [5.74, 6) is 0.516. The summed E-state index contributed by atoms with van der Waals surface area (Å²) in [6.45, 7) is 4.63. The standard InChI is InChI=1S/C22H25N5O2/c1-3-16(2)29-21-12-18(10-11-24-21)22(28)26(19-8-9-19)13-17-4-6-20(7-5-17)27-15-23-14-25-27/h4-7,10-12,14-16,19H,3,8-9,13H2,1-2H3/t16-/m1/s1. The maximum atomic E-state index is 13.2. The Kier molecular flexibility index (Phi) is 5.55. The Morgan fingerprint density at radius 1 is 1.28 bits per heavy atom. The van der Waals surface area contributed by atoms with E-state index >= 15 is 0 Å². The van der Waals surface area contributed by atoms with Crippen LogP contribution < -0.4 is 4.74 Å². The Morgan fingerprint density at radius 3 is 2.72 bits per heavy atom. The van der Waals surface area contributed by atoms with Gasteiger partial charge in [0.2, 0.25) is 5.88 Å². The lowest BCUT2D eigenvalue weighted by atomic mass is 10.1. The molecule has 1 aromatic carbocycles. The van der Waals surface area contributed by atoms with Gasteiger partial charge in [-0.3, -0.25) is 4.79 Å². The van der Waals surface area contributed by atoms with Crippen LogP contribution in [-0.4, -0.2) is 42.7 Å². The zero-order valence-corrected chi connectivity index (χ0v) is 16.7. The number of hydrogen-bond donors (Lipinski definition) is 0. The summed E-state index contributed by atoms with van der Waals surface area (Å²) in [5, 5.41) is 4.14. The van der Waals surface area contributed by atoms with Gasteiger partial charge in [-0.1, -0.05) is 19.1 Å². The van der Waals surface area contributed by atoms with Gasteiger partial charge in [0.05, 0.1) is 11.8 Å². The van der Waals surface area contributed by atoms with Gasteiger partial charge in [0, 0.05) is 30.4 Å². The van der Waals surface area contributed by atoms with Crippen molar-refractivity contribution in [2.24, 2.45) is 0 Å². The Labute approximate surface area is 170 Å². The molecule has 3 aromatic rings. The van der Waals surface area contributed by atoms with Crippen LogP contribution in [0.2, 0.25) is 0 Å². The van der Waals surface area contributed by atoms with Crippen molar-refractivity contribution in [3.63, 3.8) is 0 Å². The average Bonchev–Trinajstić information content (AvgIpc) is 3.45. The fraction of sp³-hybridized carbons (Fsp3) is 0.364. The Balaban J connectivity index is 1.49. The minimum atomic E-state index is 0.0178. The number of hydrogen-bond acceptors (Lipinski definition) is 5. The van der Waals surface area contributed by atoms with Crippen LogP contribution in [0.15, 0.2) is 55.2 Å². The van der Waals surface area contributed by atoms with Crippen molar-refractivity contribution in [3.05, 3.63) is 66.4 Å². The second-order valence-corrected chi connectivity index (χ2v) is 7.39. The van der Waals surface area contributed by atoms with Gasteiger partial charge >= 0.3 is 0 Å². The van der Waals surface area contributed by atoms with Crippen molar-refractivity contribution < 1.29 is 9.53 Å². The molecule has 1 aliphatic rings. The quantitative estimate of drug-likeness (QED) is 0.586. The highest BCUT2D eigenvalue weighted by Gasteiger charge is 2.33. The van der Waals surface area contributed by atoms with Gasteiger partial charge in [0.1, 0.15) is 12.7 Å². The third kappa shape index (κ3) is 4.62. The van der Waals surface area contributed by atoms with Crippen LogP contribution in [-0.2, 0) is 6.54 Å². The zero-order chi connectivity index (χ0) is 20.2. The summed E-state index contributed by atoms with van der Waals surface area (Å²) in [5.41, 5.74) is 2.64. The molecule has 0 saturated heterocycles. The van der Waals surface area contributed by atoms with E-state index < -0.39 is 0 Å². The molecule has 0 radical (unpaired) electrons. The summed E-state index contributed by atoms with van der Waals surface area (Å²) in [6, 6.07) is 11.8. The topological polar surface area (TPSA) is 73.1 Å². The minimum absolute atomic E-state index is 0.0178. The molecule has 1 atom stereocenters. The third-order valence-corrected chi connectivity index (χ3v) is 5.10. The highest BCUT2D eigenvalue weighted by molar-refractivity contribution is 5.94. The molecule has 2 heterocycles. The van der Waals surface area contributed by atoms with Gasteiger partial charge < -0.3 is 9.64 Å². The van der Waals surface area contributed by atoms with Crippen LogP contribution >= 0.6 is 0 Å². The molecule has 150 valence electrons. The number of aromatic nitrogens is 4. The van der Waals surface area contributed by atoms with E-state index in [4.69, 9.17) is 4.74 Å². The number of amides is 1. The molecule has 0 N–H and O–H groups in total. The van der Waals surface area contributed by atoms with Crippen molar-refractivity contribution in [2.75, 3.05) is 0 Å². The Bertz CT molecular complexity index is 952. The fourth-order valence-electron chi connectivity index (χ4n) is 3.11. The first-order valence-electron chi connectivity index (χ1n) is 10.0. The number of ether oxygens (including phenoxy) is 1. The molecule has 1 amide bonds. The molecule has 7 heteroatoms. The van der Waals surface area contributed by atoms with E-state index in [0.29, 0.717) is 24.0 Å². The summed E-state index contributed by atoms with van der Waals surface area (Å²) in [4.78, 5) is 23.4. The van der Waals surface area contributed by atoms with Gasteiger partial charge in [-0.25, -0.2) is 14.6 Å². The Morgan fingerprint density at radius 2 is 2.07 bits per heavy atom. The van der Waals surface area contributed by atoms with Crippen LogP contribution in [0.25, 0.3) is 5.69 Å². The SMILES string of the molecule is CC[C@@H](C)Oc1cc(C(=O)N(Cc2ccc(-n3cncn3)cc2)C2CC2)ccn1. The van der Waals surface area contributed by atoms with Crippen molar-refractivity contribution in [1.82, 2.24) is 24.6 Å². The molecule has 1 aliphatic carbocycles. The van der Waals surface area contributed by atoms with E-state index in [1.807, 2.05) is 36.1 Å². The molecular formula is C22H25N5O2. The first-order valence-corrected chi connectivity index (χ1v) is 10.0. The highest BCUT2D eigenvalue weighted by Crippen LogP contribution is 2.30. The molecule has 7 nitrogen and oxygen atoms in total. The lowest BCUT2D eigenvalue weighted by Gasteiger charge is -2.23. The van der Waals surface area contributed by atoms with Crippen LogP contribution in [0, 0.1) is 0 Å².